The maximum atomic E-state index is 11.2. The zero-order chi connectivity index (χ0) is 11.3. The molecule has 1 N–H and O–H groups in total. The summed E-state index contributed by atoms with van der Waals surface area (Å²) < 4.78 is 4.63. The van der Waals surface area contributed by atoms with Crippen LogP contribution in [0.25, 0.3) is 0 Å². The SMILES string of the molecule is CCc1ccc(N[C@@H](C)C(=O)OC)cc1. The molecule has 3 heteroatoms. The minimum absolute atomic E-state index is 0.255. The smallest absolute Gasteiger partial charge is 0.327 e. The Bertz CT molecular complexity index is 319. The van der Waals surface area contributed by atoms with Crippen LogP contribution in [0.5, 0.6) is 0 Å². The van der Waals surface area contributed by atoms with Crippen LogP contribution in [0.15, 0.2) is 24.3 Å². The highest BCUT2D eigenvalue weighted by atomic mass is 16.5. The lowest BCUT2D eigenvalue weighted by Crippen LogP contribution is -2.27. The van der Waals surface area contributed by atoms with Gasteiger partial charge in [-0.25, -0.2) is 4.79 Å². The van der Waals surface area contributed by atoms with Gasteiger partial charge in [0.15, 0.2) is 0 Å². The molecule has 1 aromatic rings. The fourth-order valence-corrected chi connectivity index (χ4v) is 1.32. The number of carbonyl (C=O) groups is 1. The van der Waals surface area contributed by atoms with Crippen molar-refractivity contribution in [1.82, 2.24) is 0 Å². The fraction of sp³-hybridized carbons (Fsp3) is 0.417. The third-order valence-corrected chi connectivity index (χ3v) is 2.30. The molecule has 3 nitrogen and oxygen atoms in total. The molecule has 82 valence electrons. The highest BCUT2D eigenvalue weighted by molar-refractivity contribution is 5.78. The molecule has 1 atom stereocenters. The number of methoxy groups -OCH3 is 1. The highest BCUT2D eigenvalue weighted by Gasteiger charge is 2.11. The predicted octanol–water partition coefficient (Wildman–Crippen LogP) is 2.22. The predicted molar refractivity (Wildman–Crippen MR) is 60.9 cm³/mol. The van der Waals surface area contributed by atoms with Crippen LogP contribution in [0.2, 0.25) is 0 Å². The van der Waals surface area contributed by atoms with Gasteiger partial charge in [-0.15, -0.1) is 0 Å². The Labute approximate surface area is 90.4 Å². The van der Waals surface area contributed by atoms with Gasteiger partial charge in [-0.05, 0) is 31.0 Å². The average molecular weight is 207 g/mol. The van der Waals surface area contributed by atoms with Crippen molar-refractivity contribution in [3.63, 3.8) is 0 Å². The van der Waals surface area contributed by atoms with E-state index in [0.717, 1.165) is 12.1 Å². The molecule has 0 saturated carbocycles. The molecule has 0 fully saturated rings. The summed E-state index contributed by atoms with van der Waals surface area (Å²) in [5.74, 6) is -0.255. The summed E-state index contributed by atoms with van der Waals surface area (Å²) in [6.07, 6.45) is 1.02. The summed E-state index contributed by atoms with van der Waals surface area (Å²) in [6, 6.07) is 7.72. The summed E-state index contributed by atoms with van der Waals surface area (Å²) in [5, 5.41) is 3.07. The maximum Gasteiger partial charge on any atom is 0.327 e. The number of aryl methyl sites for hydroxylation is 1. The Morgan fingerprint density at radius 2 is 2.00 bits per heavy atom. The third kappa shape index (κ3) is 3.27. The first kappa shape index (κ1) is 11.6. The number of anilines is 1. The molecule has 0 aliphatic rings. The molecule has 0 heterocycles. The Kier molecular flexibility index (Phi) is 4.16. The molecule has 1 aromatic carbocycles. The molecule has 0 radical (unpaired) electrons. The summed E-state index contributed by atoms with van der Waals surface area (Å²) in [6.45, 7) is 3.89. The van der Waals surface area contributed by atoms with E-state index in [-0.39, 0.29) is 12.0 Å². The van der Waals surface area contributed by atoms with Gasteiger partial charge in [-0.1, -0.05) is 19.1 Å². The van der Waals surface area contributed by atoms with Gasteiger partial charge >= 0.3 is 5.97 Å². The first-order valence-electron chi connectivity index (χ1n) is 5.10. The Morgan fingerprint density at radius 3 is 2.47 bits per heavy atom. The lowest BCUT2D eigenvalue weighted by molar-refractivity contribution is -0.141. The quantitative estimate of drug-likeness (QED) is 0.769. The van der Waals surface area contributed by atoms with Crippen LogP contribution in [0.3, 0.4) is 0 Å². The van der Waals surface area contributed by atoms with E-state index in [2.05, 4.69) is 17.0 Å². The molecule has 1 rings (SSSR count). The number of hydrogen-bond donors (Lipinski definition) is 1. The summed E-state index contributed by atoms with van der Waals surface area (Å²) in [4.78, 5) is 11.2. The van der Waals surface area contributed by atoms with E-state index in [1.54, 1.807) is 6.92 Å². The van der Waals surface area contributed by atoms with Gasteiger partial charge in [0.25, 0.3) is 0 Å². The van der Waals surface area contributed by atoms with Crippen molar-refractivity contribution < 1.29 is 9.53 Å². The Balaban J connectivity index is 2.60. The molecular weight excluding hydrogens is 190 g/mol. The van der Waals surface area contributed by atoms with Crippen LogP contribution in [0, 0.1) is 0 Å². The number of rotatable bonds is 4. The van der Waals surface area contributed by atoms with Crippen molar-refractivity contribution in [2.45, 2.75) is 26.3 Å². The lowest BCUT2D eigenvalue weighted by atomic mass is 10.1. The monoisotopic (exact) mass is 207 g/mol. The fourth-order valence-electron chi connectivity index (χ4n) is 1.32. The number of hydrogen-bond acceptors (Lipinski definition) is 3. The van der Waals surface area contributed by atoms with E-state index in [4.69, 9.17) is 0 Å². The number of benzene rings is 1. The van der Waals surface area contributed by atoms with Crippen molar-refractivity contribution in [3.8, 4) is 0 Å². The molecule has 0 saturated heterocycles. The normalized spacial score (nSPS) is 11.9. The molecule has 0 aromatic heterocycles. The van der Waals surface area contributed by atoms with E-state index in [0.29, 0.717) is 0 Å². The Hall–Kier alpha value is -1.51. The molecule has 0 spiro atoms. The second-order valence-electron chi connectivity index (χ2n) is 3.44. The second kappa shape index (κ2) is 5.39. The largest absolute Gasteiger partial charge is 0.467 e. The van der Waals surface area contributed by atoms with E-state index in [1.165, 1.54) is 12.7 Å². The van der Waals surface area contributed by atoms with Crippen molar-refractivity contribution >= 4 is 11.7 Å². The zero-order valence-corrected chi connectivity index (χ0v) is 9.41. The van der Waals surface area contributed by atoms with Gasteiger partial charge in [-0.2, -0.15) is 0 Å². The van der Waals surface area contributed by atoms with Gasteiger partial charge < -0.3 is 10.1 Å². The van der Waals surface area contributed by atoms with E-state index >= 15 is 0 Å². The summed E-state index contributed by atoms with van der Waals surface area (Å²) in [5.41, 5.74) is 2.22. The van der Waals surface area contributed by atoms with Gasteiger partial charge in [0.05, 0.1) is 7.11 Å². The van der Waals surface area contributed by atoms with Crippen LogP contribution in [0.4, 0.5) is 5.69 Å². The zero-order valence-electron chi connectivity index (χ0n) is 9.41. The summed E-state index contributed by atoms with van der Waals surface area (Å²) in [7, 11) is 1.39. The van der Waals surface area contributed by atoms with Crippen LogP contribution in [-0.2, 0) is 16.0 Å². The van der Waals surface area contributed by atoms with Crippen molar-refractivity contribution in [2.75, 3.05) is 12.4 Å². The minimum Gasteiger partial charge on any atom is -0.467 e. The van der Waals surface area contributed by atoms with Gasteiger partial charge in [0, 0.05) is 5.69 Å². The van der Waals surface area contributed by atoms with Gasteiger partial charge in [-0.3, -0.25) is 0 Å². The number of nitrogens with one attached hydrogen (secondary N) is 1. The molecule has 0 aliphatic heterocycles. The Morgan fingerprint density at radius 1 is 1.40 bits per heavy atom. The highest BCUT2D eigenvalue weighted by Crippen LogP contribution is 2.11. The van der Waals surface area contributed by atoms with Crippen LogP contribution in [0.1, 0.15) is 19.4 Å². The topological polar surface area (TPSA) is 38.3 Å². The summed E-state index contributed by atoms with van der Waals surface area (Å²) >= 11 is 0. The van der Waals surface area contributed by atoms with Crippen molar-refractivity contribution in [1.29, 1.82) is 0 Å². The van der Waals surface area contributed by atoms with Crippen LogP contribution >= 0.6 is 0 Å². The van der Waals surface area contributed by atoms with Gasteiger partial charge in [0.2, 0.25) is 0 Å². The maximum absolute atomic E-state index is 11.2. The number of esters is 1. The van der Waals surface area contributed by atoms with Gasteiger partial charge in [0.1, 0.15) is 6.04 Å². The number of carbonyl (C=O) groups excluding carboxylic acids is 1. The van der Waals surface area contributed by atoms with E-state index < -0.39 is 0 Å². The lowest BCUT2D eigenvalue weighted by Gasteiger charge is -2.12. The molecular formula is C12H17NO2. The first-order valence-corrected chi connectivity index (χ1v) is 5.10. The van der Waals surface area contributed by atoms with E-state index in [9.17, 15) is 4.79 Å². The van der Waals surface area contributed by atoms with Crippen molar-refractivity contribution in [2.24, 2.45) is 0 Å². The number of ether oxygens (including phenoxy) is 1. The molecule has 0 amide bonds. The standard InChI is InChI=1S/C12H17NO2/c1-4-10-5-7-11(8-6-10)13-9(2)12(14)15-3/h5-9,13H,4H2,1-3H3/t9-/m0/s1. The minimum atomic E-state index is -0.317. The molecule has 0 bridgehead atoms. The van der Waals surface area contributed by atoms with Crippen LogP contribution in [-0.4, -0.2) is 19.1 Å². The first-order chi connectivity index (χ1) is 7.17. The molecule has 0 aliphatic carbocycles. The van der Waals surface area contributed by atoms with E-state index in [1.807, 2.05) is 24.3 Å². The van der Waals surface area contributed by atoms with Crippen molar-refractivity contribution in [3.05, 3.63) is 29.8 Å². The molecule has 0 unspecified atom stereocenters. The average Bonchev–Trinajstić information content (AvgIpc) is 2.29. The molecule has 15 heavy (non-hydrogen) atoms. The second-order valence-corrected chi connectivity index (χ2v) is 3.44. The third-order valence-electron chi connectivity index (χ3n) is 2.30. The van der Waals surface area contributed by atoms with Crippen LogP contribution < -0.4 is 5.32 Å².